The lowest BCUT2D eigenvalue weighted by molar-refractivity contribution is -0.125. The van der Waals surface area contributed by atoms with Gasteiger partial charge in [0.1, 0.15) is 17.0 Å². The van der Waals surface area contributed by atoms with Crippen LogP contribution in [-0.2, 0) is 27.3 Å². The number of carbonyl (C=O) groups is 3. The molecule has 0 saturated carbocycles. The van der Waals surface area contributed by atoms with Crippen molar-refractivity contribution in [2.24, 2.45) is 5.92 Å². The van der Waals surface area contributed by atoms with E-state index in [1.165, 1.54) is 40.6 Å². The number of hydrogen-bond acceptors (Lipinski definition) is 7. The number of aromatic nitrogens is 4. The average molecular weight is 612 g/mol. The van der Waals surface area contributed by atoms with E-state index in [4.69, 9.17) is 4.74 Å². The molecule has 0 aliphatic heterocycles. The van der Waals surface area contributed by atoms with E-state index in [1.807, 2.05) is 27.7 Å². The fraction of sp³-hybridized carbons (Fsp3) is 0.484. The minimum Gasteiger partial charge on any atom is -0.436 e. The van der Waals surface area contributed by atoms with Crippen molar-refractivity contribution in [2.45, 2.75) is 65.5 Å². The number of amides is 3. The molecule has 0 aliphatic carbocycles. The highest BCUT2D eigenvalue weighted by Crippen LogP contribution is 2.22. The summed E-state index contributed by atoms with van der Waals surface area (Å²) in [7, 11) is 6.21. The molecule has 3 amide bonds. The Labute approximate surface area is 256 Å². The third-order valence-electron chi connectivity index (χ3n) is 6.77. The number of anilines is 1. The molecule has 12 nitrogen and oxygen atoms in total. The fourth-order valence-corrected chi connectivity index (χ4v) is 4.45. The number of allylic oxidation sites excluding steroid dienone is 1. The number of imidazole rings is 1. The molecule has 3 rings (SSSR count). The molecule has 13 heteroatoms. The SMILES string of the molecule is CC(C)Cc1ncc(F)c2nc(Cn3c(C(C)C)ccc(NC(=O)[C@H](CC/C=C/C(=O)N(C)C)OC(=O)N(C)C)c3=O)[nH]c12. The van der Waals surface area contributed by atoms with Gasteiger partial charge in [-0.3, -0.25) is 19.4 Å². The Morgan fingerprint density at radius 3 is 2.43 bits per heavy atom. The van der Waals surface area contributed by atoms with Crippen molar-refractivity contribution in [1.82, 2.24) is 29.3 Å². The number of fused-ring (bicyclic) bond motifs is 1. The second-order valence-corrected chi connectivity index (χ2v) is 11.7. The van der Waals surface area contributed by atoms with Crippen LogP contribution in [0.3, 0.4) is 0 Å². The lowest BCUT2D eigenvalue weighted by Crippen LogP contribution is -2.38. The summed E-state index contributed by atoms with van der Waals surface area (Å²) in [5.41, 5.74) is 1.49. The van der Waals surface area contributed by atoms with Gasteiger partial charge in [0.2, 0.25) is 5.91 Å². The first kappa shape index (κ1) is 33.9. The second-order valence-electron chi connectivity index (χ2n) is 11.7. The summed E-state index contributed by atoms with van der Waals surface area (Å²) >= 11 is 0. The molecule has 3 aromatic heterocycles. The average Bonchev–Trinajstić information content (AvgIpc) is 3.38. The van der Waals surface area contributed by atoms with Crippen LogP contribution in [0.25, 0.3) is 11.0 Å². The first-order chi connectivity index (χ1) is 20.7. The summed E-state index contributed by atoms with van der Waals surface area (Å²) in [6.07, 6.45) is 3.14. The molecule has 3 aromatic rings. The van der Waals surface area contributed by atoms with Gasteiger partial charge >= 0.3 is 6.09 Å². The number of likely N-dealkylation sites (N-methyl/N-ethyl adjacent to an activating group) is 1. The smallest absolute Gasteiger partial charge is 0.410 e. The van der Waals surface area contributed by atoms with Gasteiger partial charge in [-0.2, -0.15) is 0 Å². The maximum Gasteiger partial charge on any atom is 0.410 e. The van der Waals surface area contributed by atoms with Gasteiger partial charge in [0.15, 0.2) is 11.9 Å². The molecule has 0 unspecified atom stereocenters. The molecular formula is C31H42FN7O5. The number of halogens is 1. The maximum absolute atomic E-state index is 14.6. The Bertz CT molecular complexity index is 1590. The van der Waals surface area contributed by atoms with Crippen LogP contribution in [0.5, 0.6) is 0 Å². The number of pyridine rings is 2. The van der Waals surface area contributed by atoms with Crippen LogP contribution in [0.2, 0.25) is 0 Å². The van der Waals surface area contributed by atoms with Crippen LogP contribution < -0.4 is 10.9 Å². The Morgan fingerprint density at radius 2 is 1.82 bits per heavy atom. The van der Waals surface area contributed by atoms with Crippen LogP contribution in [-0.4, -0.2) is 81.5 Å². The molecule has 3 heterocycles. The normalized spacial score (nSPS) is 12.2. The molecule has 2 N–H and O–H groups in total. The molecule has 0 radical (unpaired) electrons. The van der Waals surface area contributed by atoms with E-state index in [-0.39, 0.29) is 48.3 Å². The lowest BCUT2D eigenvalue weighted by atomic mass is 10.1. The van der Waals surface area contributed by atoms with Crippen molar-refractivity contribution in [2.75, 3.05) is 33.5 Å². The summed E-state index contributed by atoms with van der Waals surface area (Å²) in [5, 5.41) is 2.61. The third kappa shape index (κ3) is 8.51. The molecule has 0 saturated heterocycles. The molecule has 0 spiro atoms. The van der Waals surface area contributed by atoms with Gasteiger partial charge in [-0.05, 0) is 49.3 Å². The molecular weight excluding hydrogens is 569 g/mol. The van der Waals surface area contributed by atoms with Gasteiger partial charge in [-0.1, -0.05) is 33.8 Å². The van der Waals surface area contributed by atoms with Gasteiger partial charge in [0, 0.05) is 33.9 Å². The predicted molar refractivity (Wildman–Crippen MR) is 166 cm³/mol. The molecule has 0 aromatic carbocycles. The van der Waals surface area contributed by atoms with E-state index >= 15 is 0 Å². The zero-order valence-corrected chi connectivity index (χ0v) is 26.6. The number of aromatic amines is 1. The van der Waals surface area contributed by atoms with E-state index < -0.39 is 29.5 Å². The second kappa shape index (κ2) is 14.8. The van der Waals surface area contributed by atoms with E-state index in [9.17, 15) is 23.6 Å². The van der Waals surface area contributed by atoms with E-state index in [0.29, 0.717) is 29.1 Å². The highest BCUT2D eigenvalue weighted by Gasteiger charge is 2.25. The number of carbonyl (C=O) groups excluding carboxylic acids is 3. The summed E-state index contributed by atoms with van der Waals surface area (Å²) < 4.78 is 21.5. The number of nitrogens with one attached hydrogen (secondary N) is 2. The molecule has 0 bridgehead atoms. The van der Waals surface area contributed by atoms with Crippen LogP contribution in [0.1, 0.15) is 63.7 Å². The number of nitrogens with zero attached hydrogens (tertiary/aromatic N) is 5. The van der Waals surface area contributed by atoms with Gasteiger partial charge < -0.3 is 29.4 Å². The minimum atomic E-state index is -1.23. The Hall–Kier alpha value is -4.55. The fourth-order valence-electron chi connectivity index (χ4n) is 4.45. The van der Waals surface area contributed by atoms with Gasteiger partial charge in [0.05, 0.1) is 24.0 Å². The zero-order chi connectivity index (χ0) is 32.7. The van der Waals surface area contributed by atoms with Crippen LogP contribution in [0.15, 0.2) is 35.3 Å². The van der Waals surface area contributed by atoms with Crippen molar-refractivity contribution in [3.05, 3.63) is 63.9 Å². The van der Waals surface area contributed by atoms with Crippen molar-refractivity contribution in [1.29, 1.82) is 0 Å². The quantitative estimate of drug-likeness (QED) is 0.294. The topological polar surface area (TPSA) is 143 Å². The molecule has 238 valence electrons. The van der Waals surface area contributed by atoms with Crippen molar-refractivity contribution >= 4 is 34.6 Å². The highest BCUT2D eigenvalue weighted by atomic mass is 19.1. The number of ether oxygens (including phenoxy) is 1. The van der Waals surface area contributed by atoms with E-state index in [0.717, 1.165) is 6.20 Å². The standard InChI is InChI=1S/C31H42FN7O5/c1-18(2)15-22-28-27(20(32)16-33-22)35-25(36-28)17-39-23(19(3)4)14-13-21(30(39)42)34-29(41)24(44-31(43)38(7)8)11-9-10-12-26(40)37(5)6/h10,12-14,16,18-19,24H,9,11,15,17H2,1-8H3,(H,34,41)(H,35,36)/b12-10+/t24-/m0/s1. The summed E-state index contributed by atoms with van der Waals surface area (Å²) in [6, 6.07) is 3.24. The summed E-state index contributed by atoms with van der Waals surface area (Å²) in [6.45, 7) is 7.93. The lowest BCUT2D eigenvalue weighted by Gasteiger charge is -2.20. The molecule has 44 heavy (non-hydrogen) atoms. The first-order valence-corrected chi connectivity index (χ1v) is 14.5. The summed E-state index contributed by atoms with van der Waals surface area (Å²) in [4.78, 5) is 65.6. The maximum atomic E-state index is 14.6. The number of hydrogen-bond donors (Lipinski definition) is 2. The van der Waals surface area contributed by atoms with E-state index in [1.54, 1.807) is 26.2 Å². The zero-order valence-electron chi connectivity index (χ0n) is 26.6. The number of rotatable bonds is 12. The molecule has 1 atom stereocenters. The Morgan fingerprint density at radius 1 is 1.11 bits per heavy atom. The molecule has 0 aliphatic rings. The third-order valence-corrected chi connectivity index (χ3v) is 6.77. The summed E-state index contributed by atoms with van der Waals surface area (Å²) in [5.74, 6) is -0.883. The Kier molecular flexibility index (Phi) is 11.4. The highest BCUT2D eigenvalue weighted by molar-refractivity contribution is 5.95. The van der Waals surface area contributed by atoms with Gasteiger partial charge in [-0.15, -0.1) is 0 Å². The first-order valence-electron chi connectivity index (χ1n) is 14.5. The van der Waals surface area contributed by atoms with Crippen molar-refractivity contribution in [3.63, 3.8) is 0 Å². The minimum absolute atomic E-state index is 0.00492. The Balaban J connectivity index is 1.92. The van der Waals surface area contributed by atoms with Crippen LogP contribution >= 0.6 is 0 Å². The van der Waals surface area contributed by atoms with Crippen LogP contribution in [0, 0.1) is 11.7 Å². The monoisotopic (exact) mass is 611 g/mol. The van der Waals surface area contributed by atoms with Gasteiger partial charge in [0.25, 0.3) is 11.5 Å². The van der Waals surface area contributed by atoms with Crippen molar-refractivity contribution in [3.8, 4) is 0 Å². The largest absolute Gasteiger partial charge is 0.436 e. The number of H-pyrrole nitrogens is 1. The molecule has 0 fully saturated rings. The van der Waals surface area contributed by atoms with Crippen LogP contribution in [0.4, 0.5) is 14.9 Å². The predicted octanol–water partition coefficient (Wildman–Crippen LogP) is 4.06. The van der Waals surface area contributed by atoms with E-state index in [2.05, 4.69) is 20.3 Å². The van der Waals surface area contributed by atoms with Gasteiger partial charge in [-0.25, -0.2) is 14.2 Å². The van der Waals surface area contributed by atoms with Crippen molar-refractivity contribution < 1.29 is 23.5 Å².